The van der Waals surface area contributed by atoms with E-state index in [0.29, 0.717) is 57.4 Å². The van der Waals surface area contributed by atoms with Crippen LogP contribution in [0.5, 0.6) is 0 Å². The van der Waals surface area contributed by atoms with E-state index in [4.69, 9.17) is 43.0 Å². The van der Waals surface area contributed by atoms with Gasteiger partial charge in [-0.05, 0) is 159 Å². The van der Waals surface area contributed by atoms with E-state index in [2.05, 4.69) is 164 Å². The SMILES string of the molecule is [C-]#[N+]c1ccccc1-c1ccc2c(c1)c1cc(-c3ccccc3C#N)ccc1n2-c1ccc(-c2nc(-c3ccccc3)nc(-c3ccccc3)n2)cc1-c1cccc(-c2cc(-c3nc(-c4ccccc4)nc(-c4ccccc4)n3)ccc2-n2c3ccc(-c4ccccc4C#N)cc3c3cc(-c4ccccc4[N+]#[C-])ccc32)c1. The van der Waals surface area contributed by atoms with Crippen LogP contribution in [0.3, 0.4) is 0 Å². The molecule has 0 saturated heterocycles. The van der Waals surface area contributed by atoms with Gasteiger partial charge >= 0.3 is 0 Å². The topological polar surface area (TPSA) is 144 Å². The molecule has 0 aliphatic carbocycles. The summed E-state index contributed by atoms with van der Waals surface area (Å²) in [6, 6.07) is 123. The van der Waals surface area contributed by atoms with Crippen molar-refractivity contribution in [3.63, 3.8) is 0 Å². The molecule has 518 valence electrons. The van der Waals surface area contributed by atoms with Gasteiger partial charge in [-0.2, -0.15) is 10.5 Å². The first-order chi connectivity index (χ1) is 55.3. The van der Waals surface area contributed by atoms with Crippen molar-refractivity contribution in [3.05, 3.63) is 386 Å². The average Bonchev–Trinajstić information content (AvgIpc) is 1.52. The van der Waals surface area contributed by atoms with E-state index in [1.165, 1.54) is 0 Å². The number of hydrogen-bond acceptors (Lipinski definition) is 8. The molecule has 12 heteroatoms. The summed E-state index contributed by atoms with van der Waals surface area (Å²) in [7, 11) is 0. The molecule has 0 bridgehead atoms. The van der Waals surface area contributed by atoms with Crippen molar-refractivity contribution in [1.82, 2.24) is 39.0 Å². The van der Waals surface area contributed by atoms with Crippen LogP contribution in [0.2, 0.25) is 0 Å². The Morgan fingerprint density at radius 1 is 0.223 bits per heavy atom. The van der Waals surface area contributed by atoms with Crippen molar-refractivity contribution in [2.24, 2.45) is 0 Å². The molecule has 0 spiro atoms. The second kappa shape index (κ2) is 28.3. The van der Waals surface area contributed by atoms with Crippen molar-refractivity contribution in [1.29, 1.82) is 10.5 Å². The van der Waals surface area contributed by atoms with Gasteiger partial charge in [-0.25, -0.2) is 39.6 Å². The Bertz CT molecular complexity index is 6410. The molecule has 112 heavy (non-hydrogen) atoms. The highest BCUT2D eigenvalue weighted by Crippen LogP contribution is 2.47. The van der Waals surface area contributed by atoms with Gasteiger partial charge in [0.2, 0.25) is 0 Å². The molecule has 19 rings (SSSR count). The molecule has 0 aliphatic rings. The molecule has 0 amide bonds. The van der Waals surface area contributed by atoms with E-state index in [-0.39, 0.29) is 0 Å². The van der Waals surface area contributed by atoms with E-state index in [9.17, 15) is 10.5 Å². The summed E-state index contributed by atoms with van der Waals surface area (Å²) in [6.07, 6.45) is 0. The molecular formula is C100H58N12. The highest BCUT2D eigenvalue weighted by molar-refractivity contribution is 6.14. The predicted octanol–water partition coefficient (Wildman–Crippen LogP) is 25.1. The maximum atomic E-state index is 10.5. The largest absolute Gasteiger partial charge is 0.309 e. The van der Waals surface area contributed by atoms with Crippen LogP contribution in [0.4, 0.5) is 11.4 Å². The fourth-order valence-electron chi connectivity index (χ4n) is 15.5. The van der Waals surface area contributed by atoms with Gasteiger partial charge in [0.15, 0.2) is 46.3 Å². The van der Waals surface area contributed by atoms with Crippen LogP contribution >= 0.6 is 0 Å². The number of aromatic nitrogens is 8. The van der Waals surface area contributed by atoms with Gasteiger partial charge in [-0.15, -0.1) is 0 Å². The zero-order chi connectivity index (χ0) is 75.2. The van der Waals surface area contributed by atoms with Gasteiger partial charge in [-0.1, -0.05) is 249 Å². The molecule has 15 aromatic carbocycles. The van der Waals surface area contributed by atoms with Crippen LogP contribution in [0.25, 0.3) is 200 Å². The minimum absolute atomic E-state index is 0.478. The highest BCUT2D eigenvalue weighted by Gasteiger charge is 2.25. The fraction of sp³-hybridized carbons (Fsp3) is 0. The molecule has 4 heterocycles. The lowest BCUT2D eigenvalue weighted by molar-refractivity contribution is 1.07. The van der Waals surface area contributed by atoms with Crippen LogP contribution < -0.4 is 0 Å². The molecule has 0 saturated carbocycles. The average molecular weight is 1430 g/mol. The first-order valence-electron chi connectivity index (χ1n) is 36.6. The van der Waals surface area contributed by atoms with Gasteiger partial charge in [0.25, 0.3) is 0 Å². The molecule has 0 N–H and O–H groups in total. The zero-order valence-electron chi connectivity index (χ0n) is 59.9. The van der Waals surface area contributed by atoms with E-state index < -0.39 is 0 Å². The standard InChI is InChI=1S/C100H58N12/c1-103-87-40-21-19-38-79(87)71-44-50-93-85(57-71)83-55-69(77-36-17-15-32-75(77)61-101)42-48-91(83)111(93)89-52-46-73(99-107-95(63-24-7-3-8-25-63)105-96(108-99)64-26-9-4-10-27-64)59-81(89)67-34-23-35-68(54-67)82-60-74(100-109-97(65-28-11-5-12-29-65)106-98(110-100)66-30-13-6-14-31-66)47-53-90(82)112-92-49-43-70(78-37-18-16-33-76(78)62-102)56-84(92)86-58-72(45-51-94(86)112)80-39-20-22-41-88(80)104-2/h3-60H. The van der Waals surface area contributed by atoms with Crippen molar-refractivity contribution in [3.8, 4) is 159 Å². The lowest BCUT2D eigenvalue weighted by Crippen LogP contribution is -2.02. The smallest absolute Gasteiger partial charge is 0.194 e. The van der Waals surface area contributed by atoms with Crippen molar-refractivity contribution in [2.75, 3.05) is 0 Å². The van der Waals surface area contributed by atoms with Gasteiger partial charge in [0.1, 0.15) is 0 Å². The quantitative estimate of drug-likeness (QED) is 0.0979. The van der Waals surface area contributed by atoms with Gasteiger partial charge in [-0.3, -0.25) is 0 Å². The Hall–Kier alpha value is -16.1. The first kappa shape index (κ1) is 66.6. The van der Waals surface area contributed by atoms with Crippen LogP contribution in [0.1, 0.15) is 11.1 Å². The lowest BCUT2D eigenvalue weighted by atomic mass is 9.94. The van der Waals surface area contributed by atoms with Crippen molar-refractivity contribution in [2.45, 2.75) is 0 Å². The Morgan fingerprint density at radius 2 is 0.482 bits per heavy atom. The Morgan fingerprint density at radius 3 is 0.804 bits per heavy atom. The van der Waals surface area contributed by atoms with Gasteiger partial charge < -0.3 is 9.13 Å². The first-order valence-corrected chi connectivity index (χ1v) is 36.6. The minimum atomic E-state index is 0.478. The minimum Gasteiger partial charge on any atom is -0.309 e. The van der Waals surface area contributed by atoms with Crippen molar-refractivity contribution < 1.29 is 0 Å². The zero-order valence-corrected chi connectivity index (χ0v) is 59.9. The summed E-state index contributed by atoms with van der Waals surface area (Å²) in [5.74, 6) is 3.06. The summed E-state index contributed by atoms with van der Waals surface area (Å²) < 4.78 is 4.65. The molecule has 12 nitrogen and oxygen atoms in total. The Balaban J connectivity index is 0.889. The maximum absolute atomic E-state index is 10.5. The summed E-state index contributed by atoms with van der Waals surface area (Å²) in [5.41, 5.74) is 22.7. The lowest BCUT2D eigenvalue weighted by Gasteiger charge is -2.19. The van der Waals surface area contributed by atoms with E-state index >= 15 is 0 Å². The number of nitrogens with zero attached hydrogens (tertiary/aromatic N) is 12. The highest BCUT2D eigenvalue weighted by atomic mass is 15.1. The summed E-state index contributed by atoms with van der Waals surface area (Å²) in [6.45, 7) is 16.5. The summed E-state index contributed by atoms with van der Waals surface area (Å²) >= 11 is 0. The monoisotopic (exact) mass is 1430 g/mol. The van der Waals surface area contributed by atoms with Crippen LogP contribution in [-0.4, -0.2) is 39.0 Å². The predicted molar refractivity (Wildman–Crippen MR) is 449 cm³/mol. The molecule has 0 radical (unpaired) electrons. The normalized spacial score (nSPS) is 11.2. The van der Waals surface area contributed by atoms with Crippen LogP contribution in [0.15, 0.2) is 352 Å². The Kier molecular flexibility index (Phi) is 16.8. The third kappa shape index (κ3) is 12.0. The third-order valence-corrected chi connectivity index (χ3v) is 20.8. The van der Waals surface area contributed by atoms with E-state index in [1.54, 1.807) is 0 Å². The fourth-order valence-corrected chi connectivity index (χ4v) is 15.5. The maximum Gasteiger partial charge on any atom is 0.194 e. The number of fused-ring (bicyclic) bond motifs is 6. The number of rotatable bonds is 14. The molecule has 0 unspecified atom stereocenters. The van der Waals surface area contributed by atoms with Gasteiger partial charge in [0.05, 0.1) is 69.9 Å². The summed E-state index contributed by atoms with van der Waals surface area (Å²) in [4.78, 5) is 39.5. The van der Waals surface area contributed by atoms with Gasteiger partial charge in [0, 0.05) is 66.1 Å². The molecule has 0 fully saturated rings. The van der Waals surface area contributed by atoms with Crippen molar-refractivity contribution >= 4 is 55.0 Å². The molecule has 19 aromatic rings. The third-order valence-electron chi connectivity index (χ3n) is 20.8. The molecular weight excluding hydrogens is 1370 g/mol. The number of hydrogen-bond donors (Lipinski definition) is 0. The van der Waals surface area contributed by atoms with Crippen LogP contribution in [0, 0.1) is 35.8 Å². The Labute approximate surface area is 645 Å². The number of nitriles is 2. The van der Waals surface area contributed by atoms with Crippen LogP contribution in [-0.2, 0) is 0 Å². The second-order valence-electron chi connectivity index (χ2n) is 27.3. The molecule has 4 aromatic heterocycles. The second-order valence-corrected chi connectivity index (χ2v) is 27.3. The number of benzene rings is 15. The molecule has 0 atom stereocenters. The van der Waals surface area contributed by atoms with E-state index in [1.807, 2.05) is 218 Å². The van der Waals surface area contributed by atoms with E-state index in [0.717, 1.165) is 155 Å². The molecule has 0 aliphatic heterocycles. The number of para-hydroxylation sites is 2. The summed E-state index contributed by atoms with van der Waals surface area (Å²) in [5, 5.41) is 24.9.